The lowest BCUT2D eigenvalue weighted by Crippen LogP contribution is -2.46. The standard InChI is InChI=1S/C24H25F3N2O2/c25-24(26,27)21-7-3-4-17(14-21)15-22(30)28-11-9-19(10-12-28)23(31)29-13-8-18-5-1-2-6-20(18)16-29/h1-7,14,19H,8-13,15-16H2. The lowest BCUT2D eigenvalue weighted by atomic mass is 9.92. The van der Waals surface area contributed by atoms with Crippen LogP contribution in [0.25, 0.3) is 0 Å². The predicted octanol–water partition coefficient (Wildman–Crippen LogP) is 4.07. The molecular weight excluding hydrogens is 405 g/mol. The van der Waals surface area contributed by atoms with Gasteiger partial charge in [0, 0.05) is 32.1 Å². The zero-order chi connectivity index (χ0) is 22.0. The Hall–Kier alpha value is -2.83. The van der Waals surface area contributed by atoms with Gasteiger partial charge >= 0.3 is 6.18 Å². The number of rotatable bonds is 3. The molecule has 2 aromatic rings. The van der Waals surface area contributed by atoms with Crippen molar-refractivity contribution >= 4 is 11.8 Å². The number of fused-ring (bicyclic) bond motifs is 1. The van der Waals surface area contributed by atoms with E-state index in [0.717, 1.165) is 18.6 Å². The van der Waals surface area contributed by atoms with Crippen LogP contribution in [0.15, 0.2) is 48.5 Å². The summed E-state index contributed by atoms with van der Waals surface area (Å²) in [5, 5.41) is 0. The third-order valence-electron chi connectivity index (χ3n) is 6.25. The Bertz CT molecular complexity index is 965. The van der Waals surface area contributed by atoms with Gasteiger partial charge in [-0.2, -0.15) is 13.2 Å². The molecule has 0 bridgehead atoms. The van der Waals surface area contributed by atoms with Crippen molar-refractivity contribution in [1.29, 1.82) is 0 Å². The van der Waals surface area contributed by atoms with Crippen LogP contribution in [0.2, 0.25) is 0 Å². The molecule has 2 heterocycles. The second-order valence-corrected chi connectivity index (χ2v) is 8.31. The highest BCUT2D eigenvalue weighted by Gasteiger charge is 2.33. The summed E-state index contributed by atoms with van der Waals surface area (Å²) in [4.78, 5) is 29.1. The largest absolute Gasteiger partial charge is 0.416 e. The van der Waals surface area contributed by atoms with E-state index in [0.29, 0.717) is 44.6 Å². The average molecular weight is 430 g/mol. The molecule has 2 aliphatic heterocycles. The van der Waals surface area contributed by atoms with Crippen molar-refractivity contribution in [2.24, 2.45) is 5.92 Å². The van der Waals surface area contributed by atoms with E-state index in [-0.39, 0.29) is 24.2 Å². The van der Waals surface area contributed by atoms with E-state index in [1.165, 1.54) is 23.3 Å². The number of alkyl halides is 3. The van der Waals surface area contributed by atoms with Crippen LogP contribution in [-0.2, 0) is 35.2 Å². The van der Waals surface area contributed by atoms with Crippen LogP contribution in [0.4, 0.5) is 13.2 Å². The summed E-state index contributed by atoms with van der Waals surface area (Å²) >= 11 is 0. The number of likely N-dealkylation sites (tertiary alicyclic amines) is 1. The van der Waals surface area contributed by atoms with Gasteiger partial charge in [0.2, 0.25) is 11.8 Å². The molecule has 0 saturated carbocycles. The normalized spacial score (nSPS) is 17.4. The topological polar surface area (TPSA) is 40.6 Å². The first kappa shape index (κ1) is 21.4. The number of carbonyl (C=O) groups excluding carboxylic acids is 2. The van der Waals surface area contributed by atoms with Gasteiger partial charge in [-0.25, -0.2) is 0 Å². The second kappa shape index (κ2) is 8.73. The van der Waals surface area contributed by atoms with E-state index in [1.807, 2.05) is 17.0 Å². The molecule has 1 saturated heterocycles. The first-order valence-corrected chi connectivity index (χ1v) is 10.6. The highest BCUT2D eigenvalue weighted by atomic mass is 19.4. The van der Waals surface area contributed by atoms with E-state index in [2.05, 4.69) is 12.1 Å². The Morgan fingerprint density at radius 2 is 1.61 bits per heavy atom. The van der Waals surface area contributed by atoms with Crippen molar-refractivity contribution < 1.29 is 22.8 Å². The van der Waals surface area contributed by atoms with Gasteiger partial charge < -0.3 is 9.80 Å². The highest BCUT2D eigenvalue weighted by Crippen LogP contribution is 2.30. The number of piperidine rings is 1. The summed E-state index contributed by atoms with van der Waals surface area (Å²) < 4.78 is 38.6. The zero-order valence-corrected chi connectivity index (χ0v) is 17.2. The van der Waals surface area contributed by atoms with Gasteiger partial charge in [-0.05, 0) is 42.0 Å². The van der Waals surface area contributed by atoms with Gasteiger partial charge in [-0.15, -0.1) is 0 Å². The van der Waals surface area contributed by atoms with Crippen LogP contribution in [0.1, 0.15) is 35.1 Å². The molecule has 1 fully saturated rings. The molecule has 164 valence electrons. The Morgan fingerprint density at radius 3 is 2.32 bits per heavy atom. The Morgan fingerprint density at radius 1 is 0.903 bits per heavy atom. The molecule has 2 aromatic carbocycles. The number of carbonyl (C=O) groups is 2. The van der Waals surface area contributed by atoms with Crippen molar-refractivity contribution in [3.63, 3.8) is 0 Å². The Kier molecular flexibility index (Phi) is 6.03. The maximum absolute atomic E-state index is 13.0. The lowest BCUT2D eigenvalue weighted by Gasteiger charge is -2.36. The highest BCUT2D eigenvalue weighted by molar-refractivity contribution is 5.81. The van der Waals surface area contributed by atoms with Crippen molar-refractivity contribution in [2.75, 3.05) is 19.6 Å². The summed E-state index contributed by atoms with van der Waals surface area (Å²) in [5.74, 6) is -0.167. The van der Waals surface area contributed by atoms with E-state index in [9.17, 15) is 22.8 Å². The van der Waals surface area contributed by atoms with E-state index < -0.39 is 11.7 Å². The molecular formula is C24H25F3N2O2. The first-order chi connectivity index (χ1) is 14.8. The quantitative estimate of drug-likeness (QED) is 0.737. The van der Waals surface area contributed by atoms with Gasteiger partial charge in [0.25, 0.3) is 0 Å². The number of halogens is 3. The number of hydrogen-bond donors (Lipinski definition) is 0. The van der Waals surface area contributed by atoms with Gasteiger partial charge in [-0.3, -0.25) is 9.59 Å². The maximum Gasteiger partial charge on any atom is 0.416 e. The minimum atomic E-state index is -4.42. The average Bonchev–Trinajstić information content (AvgIpc) is 2.78. The van der Waals surface area contributed by atoms with Gasteiger partial charge in [0.15, 0.2) is 0 Å². The SMILES string of the molecule is O=C(Cc1cccc(C(F)(F)F)c1)N1CCC(C(=O)N2CCc3ccccc3C2)CC1. The molecule has 0 N–H and O–H groups in total. The van der Waals surface area contributed by atoms with Crippen LogP contribution in [0.5, 0.6) is 0 Å². The van der Waals surface area contributed by atoms with Gasteiger partial charge in [0.05, 0.1) is 12.0 Å². The summed E-state index contributed by atoms with van der Waals surface area (Å²) in [7, 11) is 0. The van der Waals surface area contributed by atoms with Crippen LogP contribution in [0.3, 0.4) is 0 Å². The van der Waals surface area contributed by atoms with Crippen LogP contribution in [0, 0.1) is 5.92 Å². The fourth-order valence-corrected chi connectivity index (χ4v) is 4.46. The van der Waals surface area contributed by atoms with E-state index >= 15 is 0 Å². The smallest absolute Gasteiger partial charge is 0.342 e. The molecule has 0 unspecified atom stereocenters. The fraction of sp³-hybridized carbons (Fsp3) is 0.417. The Balaban J connectivity index is 1.30. The van der Waals surface area contributed by atoms with Gasteiger partial charge in [0.1, 0.15) is 0 Å². The van der Waals surface area contributed by atoms with Gasteiger partial charge in [-0.1, -0.05) is 42.5 Å². The molecule has 4 rings (SSSR count). The van der Waals surface area contributed by atoms with Crippen molar-refractivity contribution in [2.45, 2.75) is 38.4 Å². The molecule has 0 atom stereocenters. The molecule has 0 aliphatic carbocycles. The summed E-state index contributed by atoms with van der Waals surface area (Å²) in [6.07, 6.45) is -2.45. The molecule has 4 nitrogen and oxygen atoms in total. The van der Waals surface area contributed by atoms with Crippen LogP contribution < -0.4 is 0 Å². The lowest BCUT2D eigenvalue weighted by molar-refractivity contribution is -0.141. The molecule has 2 amide bonds. The number of benzene rings is 2. The van der Waals surface area contributed by atoms with Crippen molar-refractivity contribution in [3.8, 4) is 0 Å². The molecule has 7 heteroatoms. The molecule has 0 radical (unpaired) electrons. The molecule has 0 aromatic heterocycles. The first-order valence-electron chi connectivity index (χ1n) is 10.6. The third-order valence-corrected chi connectivity index (χ3v) is 6.25. The summed E-state index contributed by atoms with van der Waals surface area (Å²) in [5.41, 5.74) is 2.09. The number of amides is 2. The minimum Gasteiger partial charge on any atom is -0.342 e. The number of hydrogen-bond acceptors (Lipinski definition) is 2. The second-order valence-electron chi connectivity index (χ2n) is 8.31. The molecule has 2 aliphatic rings. The van der Waals surface area contributed by atoms with E-state index in [1.54, 1.807) is 4.90 Å². The minimum absolute atomic E-state index is 0.0640. The molecule has 0 spiro atoms. The Labute approximate surface area is 179 Å². The van der Waals surface area contributed by atoms with Crippen LogP contribution >= 0.6 is 0 Å². The van der Waals surface area contributed by atoms with Crippen molar-refractivity contribution in [1.82, 2.24) is 9.80 Å². The zero-order valence-electron chi connectivity index (χ0n) is 17.2. The molecule has 31 heavy (non-hydrogen) atoms. The predicted molar refractivity (Wildman–Crippen MR) is 110 cm³/mol. The summed E-state index contributed by atoms with van der Waals surface area (Å²) in [6, 6.07) is 13.1. The maximum atomic E-state index is 13.0. The van der Waals surface area contributed by atoms with Crippen molar-refractivity contribution in [3.05, 3.63) is 70.8 Å². The monoisotopic (exact) mass is 430 g/mol. The third kappa shape index (κ3) is 4.92. The number of nitrogens with zero attached hydrogens (tertiary/aromatic N) is 2. The van der Waals surface area contributed by atoms with E-state index in [4.69, 9.17) is 0 Å². The summed E-state index contributed by atoms with van der Waals surface area (Å²) in [6.45, 7) is 2.26. The van der Waals surface area contributed by atoms with Crippen LogP contribution in [-0.4, -0.2) is 41.2 Å². The fourth-order valence-electron chi connectivity index (χ4n) is 4.46.